The SMILES string of the molecule is COc1cc(/C=N\N=C/c2cc(N)c(O)c(OC)c2)cc(N)c1O. The highest BCUT2D eigenvalue weighted by Crippen LogP contribution is 2.33. The fourth-order valence-electron chi connectivity index (χ4n) is 1.96. The third kappa shape index (κ3) is 3.67. The first kappa shape index (κ1) is 16.9. The van der Waals surface area contributed by atoms with E-state index in [1.165, 1.54) is 26.6 Å². The van der Waals surface area contributed by atoms with E-state index < -0.39 is 0 Å². The number of nitrogens with zero attached hydrogens (tertiary/aromatic N) is 2. The summed E-state index contributed by atoms with van der Waals surface area (Å²) in [4.78, 5) is 0. The summed E-state index contributed by atoms with van der Waals surface area (Å²) >= 11 is 0. The zero-order valence-corrected chi connectivity index (χ0v) is 13.2. The molecule has 8 nitrogen and oxygen atoms in total. The predicted molar refractivity (Wildman–Crippen MR) is 93.3 cm³/mol. The molecule has 2 aromatic carbocycles. The molecule has 0 heterocycles. The molecule has 0 atom stereocenters. The standard InChI is InChI=1S/C16H18N4O4/c1-23-13-5-9(3-11(17)15(13)21)7-19-20-8-10-4-12(18)16(22)14(6-10)24-2/h3-8,21-22H,17-18H2,1-2H3/b19-7-,20-8-. The number of phenolic OH excluding ortho intramolecular Hbond substituents is 2. The summed E-state index contributed by atoms with van der Waals surface area (Å²) in [5.41, 5.74) is 12.9. The minimum atomic E-state index is -0.121. The van der Waals surface area contributed by atoms with Gasteiger partial charge in [0, 0.05) is 11.1 Å². The van der Waals surface area contributed by atoms with Crippen LogP contribution in [-0.4, -0.2) is 36.9 Å². The zero-order chi connectivity index (χ0) is 17.7. The molecule has 0 aromatic heterocycles. The van der Waals surface area contributed by atoms with Gasteiger partial charge in [0.2, 0.25) is 0 Å². The first-order valence-electron chi connectivity index (χ1n) is 6.85. The molecule has 0 aliphatic carbocycles. The molecule has 0 spiro atoms. The van der Waals surface area contributed by atoms with Gasteiger partial charge in [-0.1, -0.05) is 0 Å². The normalized spacial score (nSPS) is 11.2. The van der Waals surface area contributed by atoms with E-state index in [2.05, 4.69) is 10.2 Å². The Hall–Kier alpha value is -3.42. The molecule has 0 saturated heterocycles. The van der Waals surface area contributed by atoms with Gasteiger partial charge in [0.15, 0.2) is 23.0 Å². The molecular weight excluding hydrogens is 312 g/mol. The lowest BCUT2D eigenvalue weighted by atomic mass is 10.2. The monoisotopic (exact) mass is 330 g/mol. The number of phenols is 2. The van der Waals surface area contributed by atoms with E-state index in [1.54, 1.807) is 24.3 Å². The maximum Gasteiger partial charge on any atom is 0.181 e. The van der Waals surface area contributed by atoms with Crippen LogP contribution in [0.15, 0.2) is 34.5 Å². The van der Waals surface area contributed by atoms with Crippen molar-refractivity contribution < 1.29 is 19.7 Å². The van der Waals surface area contributed by atoms with Gasteiger partial charge in [0.1, 0.15) is 0 Å². The molecule has 2 rings (SSSR count). The molecule has 126 valence electrons. The highest BCUT2D eigenvalue weighted by atomic mass is 16.5. The van der Waals surface area contributed by atoms with Crippen molar-refractivity contribution in [1.29, 1.82) is 0 Å². The third-order valence-electron chi connectivity index (χ3n) is 3.17. The van der Waals surface area contributed by atoms with Gasteiger partial charge in [-0.05, 0) is 24.3 Å². The second-order valence-electron chi connectivity index (χ2n) is 4.81. The Morgan fingerprint density at radius 3 is 1.50 bits per heavy atom. The molecule has 8 heteroatoms. The number of nitrogen functional groups attached to an aromatic ring is 2. The lowest BCUT2D eigenvalue weighted by Gasteiger charge is -2.07. The summed E-state index contributed by atoms with van der Waals surface area (Å²) < 4.78 is 10.0. The fraction of sp³-hybridized carbons (Fsp3) is 0.125. The average Bonchev–Trinajstić information content (AvgIpc) is 2.57. The van der Waals surface area contributed by atoms with Crippen molar-refractivity contribution in [1.82, 2.24) is 0 Å². The summed E-state index contributed by atoms with van der Waals surface area (Å²) in [6.07, 6.45) is 2.91. The van der Waals surface area contributed by atoms with Crippen LogP contribution in [-0.2, 0) is 0 Å². The highest BCUT2D eigenvalue weighted by Gasteiger charge is 2.07. The van der Waals surface area contributed by atoms with E-state index in [0.29, 0.717) is 11.1 Å². The van der Waals surface area contributed by atoms with Gasteiger partial charge < -0.3 is 31.2 Å². The van der Waals surface area contributed by atoms with Crippen LogP contribution in [0.4, 0.5) is 11.4 Å². The van der Waals surface area contributed by atoms with Crippen molar-refractivity contribution in [2.24, 2.45) is 10.2 Å². The number of aromatic hydroxyl groups is 2. The number of rotatable bonds is 5. The summed E-state index contributed by atoms with van der Waals surface area (Å²) in [5, 5.41) is 27.1. The summed E-state index contributed by atoms with van der Waals surface area (Å²) in [6.45, 7) is 0. The van der Waals surface area contributed by atoms with E-state index in [-0.39, 0.29) is 34.4 Å². The van der Waals surface area contributed by atoms with Crippen LogP contribution in [0.2, 0.25) is 0 Å². The summed E-state index contributed by atoms with van der Waals surface area (Å²) in [7, 11) is 2.85. The van der Waals surface area contributed by atoms with E-state index in [1.807, 2.05) is 0 Å². The smallest absolute Gasteiger partial charge is 0.181 e. The molecular formula is C16H18N4O4. The Morgan fingerprint density at radius 2 is 1.17 bits per heavy atom. The number of hydrogen-bond acceptors (Lipinski definition) is 8. The molecule has 0 unspecified atom stereocenters. The Kier molecular flexibility index (Phi) is 5.10. The summed E-state index contributed by atoms with van der Waals surface area (Å²) in [5.74, 6) is 0.252. The first-order chi connectivity index (χ1) is 11.5. The fourth-order valence-corrected chi connectivity index (χ4v) is 1.96. The van der Waals surface area contributed by atoms with Gasteiger partial charge in [0.25, 0.3) is 0 Å². The van der Waals surface area contributed by atoms with Gasteiger partial charge >= 0.3 is 0 Å². The van der Waals surface area contributed by atoms with Crippen molar-refractivity contribution in [2.45, 2.75) is 0 Å². The van der Waals surface area contributed by atoms with Gasteiger partial charge in [0.05, 0.1) is 38.0 Å². The molecule has 0 radical (unpaired) electrons. The zero-order valence-electron chi connectivity index (χ0n) is 13.2. The molecule has 0 aliphatic rings. The van der Waals surface area contributed by atoms with Crippen LogP contribution in [0.1, 0.15) is 11.1 Å². The van der Waals surface area contributed by atoms with Gasteiger partial charge in [-0.25, -0.2) is 0 Å². The van der Waals surface area contributed by atoms with Crippen LogP contribution in [0, 0.1) is 0 Å². The highest BCUT2D eigenvalue weighted by molar-refractivity contribution is 5.86. The van der Waals surface area contributed by atoms with Gasteiger partial charge in [-0.3, -0.25) is 0 Å². The molecule has 0 bridgehead atoms. The van der Waals surface area contributed by atoms with E-state index in [0.717, 1.165) is 0 Å². The number of hydrogen-bond donors (Lipinski definition) is 4. The number of ether oxygens (including phenoxy) is 2. The maximum atomic E-state index is 9.67. The van der Waals surface area contributed by atoms with Crippen molar-refractivity contribution in [3.63, 3.8) is 0 Å². The van der Waals surface area contributed by atoms with E-state index >= 15 is 0 Å². The first-order valence-corrected chi connectivity index (χ1v) is 6.85. The largest absolute Gasteiger partial charge is 0.503 e. The van der Waals surface area contributed by atoms with Crippen LogP contribution in [0.3, 0.4) is 0 Å². The Morgan fingerprint density at radius 1 is 0.792 bits per heavy atom. The number of nitrogens with two attached hydrogens (primary N) is 2. The minimum absolute atomic E-state index is 0.121. The number of methoxy groups -OCH3 is 2. The van der Waals surface area contributed by atoms with Crippen LogP contribution >= 0.6 is 0 Å². The second-order valence-corrected chi connectivity index (χ2v) is 4.81. The molecule has 2 aromatic rings. The molecule has 0 fully saturated rings. The number of anilines is 2. The Balaban J connectivity index is 2.19. The van der Waals surface area contributed by atoms with Crippen molar-refractivity contribution >= 4 is 23.8 Å². The lowest BCUT2D eigenvalue weighted by Crippen LogP contribution is -1.94. The topological polar surface area (TPSA) is 136 Å². The quantitative estimate of drug-likeness (QED) is 0.285. The molecule has 0 aliphatic heterocycles. The van der Waals surface area contributed by atoms with Crippen molar-refractivity contribution in [2.75, 3.05) is 25.7 Å². The van der Waals surface area contributed by atoms with Crippen LogP contribution in [0.25, 0.3) is 0 Å². The summed E-state index contributed by atoms with van der Waals surface area (Å²) in [6, 6.07) is 6.23. The van der Waals surface area contributed by atoms with Gasteiger partial charge in [-0.15, -0.1) is 0 Å². The number of benzene rings is 2. The molecule has 6 N–H and O–H groups in total. The lowest BCUT2D eigenvalue weighted by molar-refractivity contribution is 0.375. The molecule has 24 heavy (non-hydrogen) atoms. The Labute approximate surface area is 138 Å². The van der Waals surface area contributed by atoms with E-state index in [4.69, 9.17) is 20.9 Å². The van der Waals surface area contributed by atoms with Crippen molar-refractivity contribution in [3.05, 3.63) is 35.4 Å². The maximum absolute atomic E-state index is 9.67. The minimum Gasteiger partial charge on any atom is -0.503 e. The second kappa shape index (κ2) is 7.23. The van der Waals surface area contributed by atoms with Gasteiger partial charge in [-0.2, -0.15) is 10.2 Å². The average molecular weight is 330 g/mol. The van der Waals surface area contributed by atoms with E-state index in [9.17, 15) is 10.2 Å². The van der Waals surface area contributed by atoms with Crippen LogP contribution < -0.4 is 20.9 Å². The molecule has 0 saturated carbocycles. The van der Waals surface area contributed by atoms with Crippen molar-refractivity contribution in [3.8, 4) is 23.0 Å². The van der Waals surface area contributed by atoms with Crippen LogP contribution in [0.5, 0.6) is 23.0 Å². The predicted octanol–water partition coefficient (Wildman–Crippen LogP) is 1.73. The molecule has 0 amide bonds. The Bertz CT molecular complexity index is 736. The third-order valence-corrected chi connectivity index (χ3v) is 3.17.